The van der Waals surface area contributed by atoms with Crippen LogP contribution in [0, 0.1) is 23.7 Å². The molecule has 59 heavy (non-hydrogen) atoms. The van der Waals surface area contributed by atoms with Crippen LogP contribution in [0.4, 0.5) is 4.79 Å². The normalized spacial score (nSPS) is 15.6. The monoisotopic (exact) mass is 854 g/mol. The van der Waals surface area contributed by atoms with Crippen LogP contribution in [0.15, 0.2) is 0 Å². The van der Waals surface area contributed by atoms with Gasteiger partial charge in [-0.25, -0.2) is 4.79 Å². The van der Waals surface area contributed by atoms with Crippen LogP contribution >= 0.6 is 0 Å². The number of carbonyl (C=O) groups excluding carboxylic acids is 8. The number of aldehydes is 1. The number of rotatable bonds is 22. The van der Waals surface area contributed by atoms with Gasteiger partial charge < -0.3 is 39.5 Å². The van der Waals surface area contributed by atoms with Crippen LogP contribution in [0.1, 0.15) is 109 Å². The lowest BCUT2D eigenvalue weighted by atomic mass is 9.91. The van der Waals surface area contributed by atoms with E-state index < -0.39 is 104 Å². The van der Waals surface area contributed by atoms with Crippen LogP contribution in [0.3, 0.4) is 0 Å². The van der Waals surface area contributed by atoms with E-state index in [0.29, 0.717) is 0 Å². The lowest BCUT2D eigenvalue weighted by Crippen LogP contribution is -2.65. The van der Waals surface area contributed by atoms with Gasteiger partial charge in [0.15, 0.2) is 8.32 Å². The third-order valence-electron chi connectivity index (χ3n) is 11.5. The second kappa shape index (κ2) is 23.8. The summed E-state index contributed by atoms with van der Waals surface area (Å²) < 4.78 is 6.92. The molecule has 0 fully saturated rings. The van der Waals surface area contributed by atoms with Crippen molar-refractivity contribution in [2.45, 2.75) is 163 Å². The molecule has 16 nitrogen and oxygen atoms in total. The van der Waals surface area contributed by atoms with Crippen molar-refractivity contribution < 1.29 is 42.8 Å². The molecule has 17 heteroatoms. The van der Waals surface area contributed by atoms with Crippen LogP contribution in [0.5, 0.6) is 0 Å². The number of imide groups is 1. The maximum absolute atomic E-state index is 15.0. The van der Waals surface area contributed by atoms with Gasteiger partial charge in [-0.1, -0.05) is 83.1 Å². The van der Waals surface area contributed by atoms with Gasteiger partial charge in [-0.15, -0.1) is 0 Å². The summed E-state index contributed by atoms with van der Waals surface area (Å²) in [5.74, 6) is -4.69. The summed E-state index contributed by atoms with van der Waals surface area (Å²) in [5.41, 5.74) is 0. The van der Waals surface area contributed by atoms with Crippen LogP contribution < -0.4 is 16.0 Å². The zero-order valence-electron chi connectivity index (χ0n) is 39.6. The number of carbonyl (C=O) groups is 8. The molecule has 8 amide bonds. The molecule has 0 aliphatic carbocycles. The Balaban J connectivity index is 7.43. The molecule has 0 aromatic carbocycles. The predicted octanol–water partition coefficient (Wildman–Crippen LogP) is 4.03. The molecule has 0 aliphatic heterocycles. The third-order valence-corrected chi connectivity index (χ3v) is 16.0. The molecule has 0 spiro atoms. The average molecular weight is 854 g/mol. The zero-order chi connectivity index (χ0) is 46.5. The van der Waals surface area contributed by atoms with E-state index in [4.69, 9.17) is 4.43 Å². The van der Waals surface area contributed by atoms with Crippen molar-refractivity contribution in [2.24, 2.45) is 23.7 Å². The van der Waals surface area contributed by atoms with Gasteiger partial charge in [-0.2, -0.15) is 0 Å². The number of nitrogens with one attached hydrogen (secondary N) is 3. The zero-order valence-corrected chi connectivity index (χ0v) is 40.6. The van der Waals surface area contributed by atoms with E-state index in [0.717, 1.165) is 6.29 Å². The Hall–Kier alpha value is -3.86. The molecule has 0 aromatic heterocycles. The van der Waals surface area contributed by atoms with Crippen molar-refractivity contribution in [1.82, 2.24) is 35.6 Å². The van der Waals surface area contributed by atoms with Crippen LogP contribution in [0.25, 0.3) is 0 Å². The number of nitrogens with zero attached hydrogens (tertiary/aromatic N) is 4. The summed E-state index contributed by atoms with van der Waals surface area (Å²) >= 11 is 0. The van der Waals surface area contributed by atoms with Gasteiger partial charge in [0.1, 0.15) is 36.5 Å². The lowest BCUT2D eigenvalue weighted by molar-refractivity contribution is -0.156. The molecule has 0 rings (SSSR count). The molecule has 0 aliphatic rings. The Morgan fingerprint density at radius 2 is 1.19 bits per heavy atom. The standard InChI is InChI=1S/C42H79N7O9Si/c1-20-29(36(52)43-13)44-37(53)34(35(28(9)22-23-50)58-59(18,19)42(10,11)12)48(16)40(56)32(26(5)6)47(15)38(54)30(24-25(3)4)46(14)39(55)33(27(7)8)49(17)41(57)45-31(51)21-2/h23,25-30,32-35H,20-22,24H2,1-19H3,(H,43,52)(H,44,53)(H,45,51,57)/t28-,29+,30+,32+,33?,34+,35-/m1/s1. The van der Waals surface area contributed by atoms with Crippen molar-refractivity contribution >= 4 is 56.1 Å². The Kier molecular flexibility index (Phi) is 22.2. The van der Waals surface area contributed by atoms with Gasteiger partial charge in [0.05, 0.1) is 6.10 Å². The first-order valence-electron chi connectivity index (χ1n) is 21.0. The Labute approximate surface area is 355 Å². The number of hydrogen-bond donors (Lipinski definition) is 3. The first kappa shape index (κ1) is 55.1. The Bertz CT molecular complexity index is 1470. The number of amides is 8. The summed E-state index contributed by atoms with van der Waals surface area (Å²) in [7, 11) is 4.67. The van der Waals surface area contributed by atoms with E-state index in [-0.39, 0.29) is 36.6 Å². The highest BCUT2D eigenvalue weighted by molar-refractivity contribution is 6.74. The largest absolute Gasteiger partial charge is 0.411 e. The number of likely N-dealkylation sites (N-methyl/N-ethyl adjacent to an activating group) is 5. The summed E-state index contributed by atoms with van der Waals surface area (Å²) in [6.45, 7) is 26.2. The molecule has 340 valence electrons. The predicted molar refractivity (Wildman–Crippen MR) is 232 cm³/mol. The molecule has 0 aromatic rings. The fourth-order valence-electron chi connectivity index (χ4n) is 6.79. The van der Waals surface area contributed by atoms with Gasteiger partial charge in [0, 0.05) is 48.1 Å². The summed E-state index contributed by atoms with van der Waals surface area (Å²) in [5, 5.41) is 7.35. The van der Waals surface area contributed by atoms with Crippen molar-refractivity contribution in [1.29, 1.82) is 0 Å². The second-order valence-electron chi connectivity index (χ2n) is 18.4. The molecule has 0 heterocycles. The molecule has 0 saturated carbocycles. The Morgan fingerprint density at radius 3 is 1.59 bits per heavy atom. The van der Waals surface area contributed by atoms with Gasteiger partial charge >= 0.3 is 6.03 Å². The molecular formula is C42H79N7O9Si. The maximum Gasteiger partial charge on any atom is 0.324 e. The van der Waals surface area contributed by atoms with E-state index in [1.165, 1.54) is 54.8 Å². The summed E-state index contributed by atoms with van der Waals surface area (Å²) in [4.78, 5) is 113. The second-order valence-corrected chi connectivity index (χ2v) is 23.2. The highest BCUT2D eigenvalue weighted by atomic mass is 28.4. The topological polar surface area (TPSA) is 195 Å². The fourth-order valence-corrected chi connectivity index (χ4v) is 8.19. The fraction of sp³-hybridized carbons (Fsp3) is 0.810. The van der Waals surface area contributed by atoms with E-state index >= 15 is 0 Å². The minimum absolute atomic E-state index is 0.0319. The van der Waals surface area contributed by atoms with Gasteiger partial charge in [0.25, 0.3) is 0 Å². The van der Waals surface area contributed by atoms with Crippen LogP contribution in [-0.2, 0) is 38.0 Å². The van der Waals surface area contributed by atoms with Gasteiger partial charge in [-0.3, -0.25) is 34.1 Å². The van der Waals surface area contributed by atoms with E-state index in [2.05, 4.69) is 16.0 Å². The number of urea groups is 1. The average Bonchev–Trinajstić information content (AvgIpc) is 3.13. The minimum Gasteiger partial charge on any atom is -0.411 e. The summed E-state index contributed by atoms with van der Waals surface area (Å²) in [6, 6.07) is -6.20. The quantitative estimate of drug-likeness (QED) is 0.107. The van der Waals surface area contributed by atoms with Crippen LogP contribution in [0.2, 0.25) is 18.1 Å². The maximum atomic E-state index is 15.0. The van der Waals surface area contributed by atoms with E-state index in [1.807, 2.05) is 47.7 Å². The Morgan fingerprint density at radius 1 is 0.712 bits per heavy atom. The molecule has 0 bridgehead atoms. The first-order valence-corrected chi connectivity index (χ1v) is 23.9. The van der Waals surface area contributed by atoms with E-state index in [9.17, 15) is 38.4 Å². The molecule has 0 saturated heterocycles. The van der Waals surface area contributed by atoms with Gasteiger partial charge in [0.2, 0.25) is 35.4 Å². The lowest BCUT2D eigenvalue weighted by Gasteiger charge is -2.46. The van der Waals surface area contributed by atoms with Crippen molar-refractivity contribution in [2.75, 3.05) is 35.2 Å². The third kappa shape index (κ3) is 15.0. The minimum atomic E-state index is -2.67. The van der Waals surface area contributed by atoms with Crippen molar-refractivity contribution in [3.05, 3.63) is 0 Å². The van der Waals surface area contributed by atoms with E-state index in [1.54, 1.807) is 48.5 Å². The highest BCUT2D eigenvalue weighted by Crippen LogP contribution is 2.39. The molecule has 7 atom stereocenters. The molecule has 1 unspecified atom stereocenters. The van der Waals surface area contributed by atoms with Gasteiger partial charge in [-0.05, 0) is 54.6 Å². The van der Waals surface area contributed by atoms with Crippen LogP contribution in [-0.4, -0.2) is 147 Å². The first-order chi connectivity index (χ1) is 27.0. The number of hydrogen-bond acceptors (Lipinski definition) is 9. The van der Waals surface area contributed by atoms with Crippen molar-refractivity contribution in [3.63, 3.8) is 0 Å². The summed E-state index contributed by atoms with van der Waals surface area (Å²) in [6.07, 6.45) is 0.368. The molecular weight excluding hydrogens is 775 g/mol. The molecule has 0 radical (unpaired) electrons. The smallest absolute Gasteiger partial charge is 0.324 e. The highest BCUT2D eigenvalue weighted by Gasteiger charge is 2.48. The van der Waals surface area contributed by atoms with Crippen molar-refractivity contribution in [3.8, 4) is 0 Å². The molecule has 3 N–H and O–H groups in total. The SMILES string of the molecule is CCC(=O)NC(=O)N(C)C(C(=O)N(C)[C@@H](CC(C)C)C(=O)N(C)[C@H](C(=O)N(C)[C@H](C(=O)N[C@@H](CC)C(=O)NC)[C@H](O[Si](C)(C)C(C)(C)C)[C@H](C)CC=O)C(C)C)C(C)C.